The van der Waals surface area contributed by atoms with Crippen molar-refractivity contribution in [3.8, 4) is 6.07 Å². The van der Waals surface area contributed by atoms with E-state index in [0.29, 0.717) is 5.69 Å². The molecule has 0 aliphatic rings. The van der Waals surface area contributed by atoms with Crippen molar-refractivity contribution in [3.63, 3.8) is 0 Å². The van der Waals surface area contributed by atoms with Gasteiger partial charge in [-0.05, 0) is 42.2 Å². The van der Waals surface area contributed by atoms with Crippen LogP contribution in [0.4, 0.5) is 10.1 Å². The van der Waals surface area contributed by atoms with Gasteiger partial charge in [-0.1, -0.05) is 18.2 Å². The summed E-state index contributed by atoms with van der Waals surface area (Å²) in [4.78, 5) is 1.14. The highest BCUT2D eigenvalue weighted by Crippen LogP contribution is 2.22. The van der Waals surface area contributed by atoms with Gasteiger partial charge < -0.3 is 5.32 Å². The van der Waals surface area contributed by atoms with Gasteiger partial charge in [-0.25, -0.2) is 4.39 Å². The quantitative estimate of drug-likeness (QED) is 0.846. The van der Waals surface area contributed by atoms with E-state index in [1.54, 1.807) is 23.9 Å². The van der Waals surface area contributed by atoms with E-state index in [9.17, 15) is 9.65 Å². The van der Waals surface area contributed by atoms with E-state index < -0.39 is 6.04 Å². The number of anilines is 1. The highest BCUT2D eigenvalue weighted by molar-refractivity contribution is 7.98. The molecule has 0 saturated carbocycles. The SMILES string of the molecule is CSc1ccc(C(C#N)Nc2cccc(F)c2)cc1. The number of benzene rings is 2. The van der Waals surface area contributed by atoms with Crippen LogP contribution >= 0.6 is 11.8 Å². The van der Waals surface area contributed by atoms with Crippen molar-refractivity contribution in [2.24, 2.45) is 0 Å². The van der Waals surface area contributed by atoms with Crippen molar-refractivity contribution in [1.29, 1.82) is 5.26 Å². The van der Waals surface area contributed by atoms with Crippen molar-refractivity contribution in [2.45, 2.75) is 10.9 Å². The van der Waals surface area contributed by atoms with Crippen LogP contribution in [0.5, 0.6) is 0 Å². The van der Waals surface area contributed by atoms with Crippen LogP contribution in [-0.2, 0) is 0 Å². The Morgan fingerprint density at radius 1 is 1.21 bits per heavy atom. The van der Waals surface area contributed by atoms with Crippen LogP contribution in [0, 0.1) is 17.1 Å². The Morgan fingerprint density at radius 2 is 1.95 bits per heavy atom. The molecule has 2 aromatic rings. The molecule has 19 heavy (non-hydrogen) atoms. The maximum Gasteiger partial charge on any atom is 0.140 e. The van der Waals surface area contributed by atoms with Gasteiger partial charge in [-0.3, -0.25) is 0 Å². The molecular weight excluding hydrogens is 259 g/mol. The Balaban J connectivity index is 2.18. The summed E-state index contributed by atoms with van der Waals surface area (Å²) >= 11 is 1.65. The maximum atomic E-state index is 13.1. The Kier molecular flexibility index (Phi) is 4.43. The summed E-state index contributed by atoms with van der Waals surface area (Å²) in [5, 5.41) is 12.2. The van der Waals surface area contributed by atoms with Gasteiger partial charge in [0.05, 0.1) is 6.07 Å². The first-order chi connectivity index (χ1) is 9.22. The predicted octanol–water partition coefficient (Wildman–Crippen LogP) is 4.22. The molecule has 0 bridgehead atoms. The number of rotatable bonds is 4. The summed E-state index contributed by atoms with van der Waals surface area (Å²) in [6.07, 6.45) is 2.00. The molecule has 0 aliphatic carbocycles. The number of nitrogens with one attached hydrogen (secondary N) is 1. The molecule has 1 unspecified atom stereocenters. The lowest BCUT2D eigenvalue weighted by atomic mass is 10.1. The zero-order valence-corrected chi connectivity index (χ0v) is 11.2. The third kappa shape index (κ3) is 3.49. The third-order valence-electron chi connectivity index (χ3n) is 2.71. The lowest BCUT2D eigenvalue weighted by Crippen LogP contribution is -2.08. The van der Waals surface area contributed by atoms with E-state index in [2.05, 4.69) is 11.4 Å². The van der Waals surface area contributed by atoms with E-state index >= 15 is 0 Å². The topological polar surface area (TPSA) is 35.8 Å². The zero-order valence-electron chi connectivity index (χ0n) is 10.4. The summed E-state index contributed by atoms with van der Waals surface area (Å²) in [7, 11) is 0. The van der Waals surface area contributed by atoms with Crippen molar-refractivity contribution in [2.75, 3.05) is 11.6 Å². The van der Waals surface area contributed by atoms with Gasteiger partial charge in [-0.2, -0.15) is 5.26 Å². The number of nitriles is 1. The molecule has 0 aliphatic heterocycles. The molecule has 2 rings (SSSR count). The smallest absolute Gasteiger partial charge is 0.140 e. The Morgan fingerprint density at radius 3 is 2.53 bits per heavy atom. The molecule has 0 aromatic heterocycles. The van der Waals surface area contributed by atoms with Crippen LogP contribution in [0.3, 0.4) is 0 Å². The molecule has 4 heteroatoms. The Labute approximate surface area is 116 Å². The Bertz CT molecular complexity index is 590. The van der Waals surface area contributed by atoms with Crippen LogP contribution in [0.2, 0.25) is 0 Å². The predicted molar refractivity (Wildman–Crippen MR) is 76.6 cm³/mol. The van der Waals surface area contributed by atoms with Gasteiger partial charge in [0.1, 0.15) is 11.9 Å². The van der Waals surface area contributed by atoms with Crippen molar-refractivity contribution in [1.82, 2.24) is 0 Å². The molecule has 0 spiro atoms. The largest absolute Gasteiger partial charge is 0.366 e. The zero-order chi connectivity index (χ0) is 13.7. The van der Waals surface area contributed by atoms with Crippen molar-refractivity contribution in [3.05, 3.63) is 59.9 Å². The summed E-state index contributed by atoms with van der Waals surface area (Å²) in [5.41, 5.74) is 1.46. The highest BCUT2D eigenvalue weighted by atomic mass is 32.2. The number of nitrogens with zero attached hydrogens (tertiary/aromatic N) is 1. The van der Waals surface area contributed by atoms with Crippen LogP contribution in [-0.4, -0.2) is 6.26 Å². The van der Waals surface area contributed by atoms with E-state index in [1.807, 2.05) is 30.5 Å². The van der Waals surface area contributed by atoms with Crippen LogP contribution in [0.25, 0.3) is 0 Å². The Hall–Kier alpha value is -1.99. The first-order valence-electron chi connectivity index (χ1n) is 5.78. The molecule has 1 N–H and O–H groups in total. The number of hydrogen-bond donors (Lipinski definition) is 1. The van der Waals surface area contributed by atoms with Crippen molar-refractivity contribution >= 4 is 17.4 Å². The van der Waals surface area contributed by atoms with Crippen LogP contribution in [0.1, 0.15) is 11.6 Å². The maximum absolute atomic E-state index is 13.1. The van der Waals surface area contributed by atoms with E-state index in [0.717, 1.165) is 10.5 Å². The first kappa shape index (κ1) is 13.4. The van der Waals surface area contributed by atoms with Gasteiger partial charge in [0.2, 0.25) is 0 Å². The molecule has 2 nitrogen and oxygen atoms in total. The van der Waals surface area contributed by atoms with Crippen LogP contribution < -0.4 is 5.32 Å². The highest BCUT2D eigenvalue weighted by Gasteiger charge is 2.10. The number of halogens is 1. The minimum Gasteiger partial charge on any atom is -0.366 e. The summed E-state index contributed by atoms with van der Waals surface area (Å²) < 4.78 is 13.1. The molecule has 2 aromatic carbocycles. The molecule has 0 heterocycles. The molecule has 0 radical (unpaired) electrons. The second-order valence-corrected chi connectivity index (χ2v) is 4.87. The molecule has 1 atom stereocenters. The minimum atomic E-state index is -0.488. The molecule has 96 valence electrons. The molecular formula is C15H13FN2S. The van der Waals surface area contributed by atoms with E-state index in [4.69, 9.17) is 0 Å². The molecule has 0 saturated heterocycles. The van der Waals surface area contributed by atoms with Crippen LogP contribution in [0.15, 0.2) is 53.4 Å². The lowest BCUT2D eigenvalue weighted by Gasteiger charge is -2.13. The standard InChI is InChI=1S/C15H13FN2S/c1-19-14-7-5-11(6-8-14)15(10-17)18-13-4-2-3-12(16)9-13/h2-9,15,18H,1H3. The summed E-state index contributed by atoms with van der Waals surface area (Å²) in [6.45, 7) is 0. The van der Waals surface area contributed by atoms with E-state index in [-0.39, 0.29) is 5.82 Å². The number of thioether (sulfide) groups is 1. The third-order valence-corrected chi connectivity index (χ3v) is 3.46. The summed E-state index contributed by atoms with van der Waals surface area (Å²) in [5.74, 6) is -0.320. The summed E-state index contributed by atoms with van der Waals surface area (Å²) in [6, 6.07) is 15.6. The first-order valence-corrected chi connectivity index (χ1v) is 7.01. The average molecular weight is 272 g/mol. The normalized spacial score (nSPS) is 11.6. The molecule has 0 fully saturated rings. The van der Waals surface area contributed by atoms with Gasteiger partial charge in [-0.15, -0.1) is 11.8 Å². The second-order valence-electron chi connectivity index (χ2n) is 3.99. The van der Waals surface area contributed by atoms with E-state index in [1.165, 1.54) is 12.1 Å². The lowest BCUT2D eigenvalue weighted by molar-refractivity contribution is 0.628. The molecule has 0 amide bonds. The fourth-order valence-corrected chi connectivity index (χ4v) is 2.14. The van der Waals surface area contributed by atoms with Crippen molar-refractivity contribution < 1.29 is 4.39 Å². The monoisotopic (exact) mass is 272 g/mol. The average Bonchev–Trinajstić information content (AvgIpc) is 2.45. The fourth-order valence-electron chi connectivity index (χ4n) is 1.73. The van der Waals surface area contributed by atoms with Gasteiger partial charge in [0.15, 0.2) is 0 Å². The van der Waals surface area contributed by atoms with Gasteiger partial charge >= 0.3 is 0 Å². The fraction of sp³-hybridized carbons (Fsp3) is 0.133. The second kappa shape index (κ2) is 6.26. The van der Waals surface area contributed by atoms with Gasteiger partial charge in [0.25, 0.3) is 0 Å². The number of hydrogen-bond acceptors (Lipinski definition) is 3. The van der Waals surface area contributed by atoms with Gasteiger partial charge in [0, 0.05) is 10.6 Å². The minimum absolute atomic E-state index is 0.320.